The van der Waals surface area contributed by atoms with Crippen molar-refractivity contribution in [1.82, 2.24) is 4.72 Å². The van der Waals surface area contributed by atoms with Gasteiger partial charge >= 0.3 is 0 Å². The first-order valence-corrected chi connectivity index (χ1v) is 6.65. The molecule has 0 atom stereocenters. The second kappa shape index (κ2) is 5.69. The van der Waals surface area contributed by atoms with Crippen LogP contribution >= 0.6 is 0 Å². The zero-order valence-electron chi connectivity index (χ0n) is 9.62. The van der Waals surface area contributed by atoms with Crippen LogP contribution in [0.4, 0.5) is 5.69 Å². The molecule has 1 aromatic rings. The fraction of sp³-hybridized carbons (Fsp3) is 0.300. The molecule has 98 valence electrons. The zero-order chi connectivity index (χ0) is 13.8. The van der Waals surface area contributed by atoms with Crippen molar-refractivity contribution < 1.29 is 18.1 Å². The van der Waals surface area contributed by atoms with E-state index in [9.17, 15) is 23.3 Å². The minimum absolute atomic E-state index is 0.104. The molecule has 0 spiro atoms. The second-order valence-corrected chi connectivity index (χ2v) is 5.51. The van der Waals surface area contributed by atoms with Crippen molar-refractivity contribution in [3.8, 4) is 0 Å². The zero-order valence-corrected chi connectivity index (χ0v) is 10.4. The smallest absolute Gasteiger partial charge is 0.269 e. The van der Waals surface area contributed by atoms with E-state index in [2.05, 4.69) is 4.72 Å². The minimum Gasteiger partial charge on any atom is -0.299 e. The summed E-state index contributed by atoms with van der Waals surface area (Å²) >= 11 is 0. The first kappa shape index (κ1) is 14.3. The molecule has 0 unspecified atom stereocenters. The molecular formula is C10H12N2O5S. The van der Waals surface area contributed by atoms with Gasteiger partial charge in [0.25, 0.3) is 5.69 Å². The molecule has 18 heavy (non-hydrogen) atoms. The number of ketones is 1. The van der Waals surface area contributed by atoms with Crippen molar-refractivity contribution in [3.05, 3.63) is 39.9 Å². The number of nitrogens with one attached hydrogen (secondary N) is 1. The van der Waals surface area contributed by atoms with Gasteiger partial charge in [-0.1, -0.05) is 12.1 Å². The van der Waals surface area contributed by atoms with Gasteiger partial charge in [-0.15, -0.1) is 0 Å². The molecule has 1 N–H and O–H groups in total. The maximum atomic E-state index is 11.5. The highest BCUT2D eigenvalue weighted by atomic mass is 32.2. The summed E-state index contributed by atoms with van der Waals surface area (Å²) in [6.07, 6.45) is 0. The highest BCUT2D eigenvalue weighted by Crippen LogP contribution is 2.13. The third-order valence-electron chi connectivity index (χ3n) is 2.04. The highest BCUT2D eigenvalue weighted by molar-refractivity contribution is 7.88. The Morgan fingerprint density at radius 3 is 2.33 bits per heavy atom. The quantitative estimate of drug-likeness (QED) is 0.603. The van der Waals surface area contributed by atoms with Gasteiger partial charge < -0.3 is 0 Å². The summed E-state index contributed by atoms with van der Waals surface area (Å²) in [5.41, 5.74) is 0.310. The number of non-ortho nitro benzene ring substituents is 1. The lowest BCUT2D eigenvalue weighted by Gasteiger charge is -2.04. The number of nitro groups is 1. The lowest BCUT2D eigenvalue weighted by Crippen LogP contribution is -2.29. The van der Waals surface area contributed by atoms with E-state index in [1.54, 1.807) is 0 Å². The number of carbonyl (C=O) groups is 1. The Bertz CT molecular complexity index is 550. The van der Waals surface area contributed by atoms with Crippen LogP contribution in [0.3, 0.4) is 0 Å². The summed E-state index contributed by atoms with van der Waals surface area (Å²) in [6, 6.07) is 5.20. The summed E-state index contributed by atoms with van der Waals surface area (Å²) in [5.74, 6) is -0.611. The average Bonchev–Trinajstić information content (AvgIpc) is 2.27. The summed E-state index contributed by atoms with van der Waals surface area (Å²) in [4.78, 5) is 20.5. The molecule has 7 nitrogen and oxygen atoms in total. The van der Waals surface area contributed by atoms with E-state index in [0.717, 1.165) is 0 Å². The van der Waals surface area contributed by atoms with Crippen molar-refractivity contribution in [2.24, 2.45) is 0 Å². The lowest BCUT2D eigenvalue weighted by molar-refractivity contribution is -0.384. The Kier molecular flexibility index (Phi) is 4.51. The molecule has 0 radical (unpaired) electrons. The van der Waals surface area contributed by atoms with E-state index < -0.39 is 14.9 Å². The van der Waals surface area contributed by atoms with Gasteiger partial charge in [0, 0.05) is 12.1 Å². The lowest BCUT2D eigenvalue weighted by atomic mass is 10.2. The summed E-state index contributed by atoms with van der Waals surface area (Å²) in [5, 5.41) is 10.4. The SMILES string of the molecule is CC(=O)CNS(=O)(=O)Cc1ccc([N+](=O)[O-])cc1. The van der Waals surface area contributed by atoms with Crippen LogP contribution in [0.2, 0.25) is 0 Å². The molecule has 0 bridgehead atoms. The number of benzene rings is 1. The first-order valence-electron chi connectivity index (χ1n) is 5.00. The third-order valence-corrected chi connectivity index (χ3v) is 3.34. The van der Waals surface area contributed by atoms with Crippen molar-refractivity contribution in [1.29, 1.82) is 0 Å². The number of sulfonamides is 1. The highest BCUT2D eigenvalue weighted by Gasteiger charge is 2.13. The molecule has 0 aromatic heterocycles. The van der Waals surface area contributed by atoms with E-state index in [-0.39, 0.29) is 23.8 Å². The van der Waals surface area contributed by atoms with Crippen molar-refractivity contribution in [3.63, 3.8) is 0 Å². The number of nitro benzene ring substituents is 1. The van der Waals surface area contributed by atoms with Crippen molar-refractivity contribution in [2.45, 2.75) is 12.7 Å². The van der Waals surface area contributed by atoms with Crippen LogP contribution < -0.4 is 4.72 Å². The van der Waals surface area contributed by atoms with E-state index in [0.29, 0.717) is 5.56 Å². The van der Waals surface area contributed by atoms with Crippen LogP contribution in [-0.2, 0) is 20.6 Å². The molecule has 0 fully saturated rings. The predicted molar refractivity (Wildman–Crippen MR) is 64.4 cm³/mol. The maximum absolute atomic E-state index is 11.5. The van der Waals surface area contributed by atoms with Gasteiger partial charge in [0.1, 0.15) is 5.78 Å². The van der Waals surface area contributed by atoms with Crippen LogP contribution in [0.15, 0.2) is 24.3 Å². The molecule has 1 rings (SSSR count). The second-order valence-electron chi connectivity index (χ2n) is 3.71. The Labute approximate surface area is 104 Å². The summed E-state index contributed by atoms with van der Waals surface area (Å²) in [7, 11) is -3.60. The average molecular weight is 272 g/mol. The topological polar surface area (TPSA) is 106 Å². The van der Waals surface area contributed by atoms with Crippen molar-refractivity contribution in [2.75, 3.05) is 6.54 Å². The third kappa shape index (κ3) is 4.60. The van der Waals surface area contributed by atoms with Gasteiger partial charge in [-0.3, -0.25) is 14.9 Å². The molecule has 0 saturated carbocycles. The molecule has 8 heteroatoms. The molecule has 1 aromatic carbocycles. The molecule has 0 aliphatic rings. The fourth-order valence-corrected chi connectivity index (χ4v) is 2.35. The number of hydrogen-bond acceptors (Lipinski definition) is 5. The number of hydrogen-bond donors (Lipinski definition) is 1. The minimum atomic E-state index is -3.60. The van der Waals surface area contributed by atoms with Gasteiger partial charge in [0.15, 0.2) is 0 Å². The Balaban J connectivity index is 2.72. The molecular weight excluding hydrogens is 260 g/mol. The molecule has 0 amide bonds. The summed E-state index contributed by atoms with van der Waals surface area (Å²) < 4.78 is 25.2. The molecule has 0 saturated heterocycles. The van der Waals surface area contributed by atoms with E-state index in [1.165, 1.54) is 31.2 Å². The van der Waals surface area contributed by atoms with E-state index in [4.69, 9.17) is 0 Å². The molecule has 0 heterocycles. The number of rotatable bonds is 6. The number of carbonyl (C=O) groups excluding carboxylic acids is 1. The Morgan fingerprint density at radius 1 is 1.33 bits per heavy atom. The Hall–Kier alpha value is -1.80. The van der Waals surface area contributed by atoms with Crippen LogP contribution in [0.25, 0.3) is 0 Å². The predicted octanol–water partition coefficient (Wildman–Crippen LogP) is 0.603. The van der Waals surface area contributed by atoms with Crippen molar-refractivity contribution >= 4 is 21.5 Å². The fourth-order valence-electron chi connectivity index (χ4n) is 1.20. The van der Waals surface area contributed by atoms with Gasteiger partial charge in [-0.25, -0.2) is 13.1 Å². The summed E-state index contributed by atoms with van der Waals surface area (Å²) in [6.45, 7) is 1.02. The van der Waals surface area contributed by atoms with Gasteiger partial charge in [0.2, 0.25) is 10.0 Å². The standard InChI is InChI=1S/C10H12N2O5S/c1-8(13)6-11-18(16,17)7-9-2-4-10(5-3-9)12(14)15/h2-5,11H,6-7H2,1H3. The van der Waals surface area contributed by atoms with Gasteiger partial charge in [-0.2, -0.15) is 0 Å². The maximum Gasteiger partial charge on any atom is 0.269 e. The van der Waals surface area contributed by atoms with Gasteiger partial charge in [-0.05, 0) is 12.5 Å². The van der Waals surface area contributed by atoms with Gasteiger partial charge in [0.05, 0.1) is 17.2 Å². The number of Topliss-reactive ketones (excluding diaryl/α,β-unsaturated/α-hetero) is 1. The first-order chi connectivity index (χ1) is 8.30. The van der Waals surface area contributed by atoms with Crippen LogP contribution in [0, 0.1) is 10.1 Å². The monoisotopic (exact) mass is 272 g/mol. The van der Waals surface area contributed by atoms with Crippen LogP contribution in [-0.4, -0.2) is 25.7 Å². The van der Waals surface area contributed by atoms with Crippen LogP contribution in [0.1, 0.15) is 12.5 Å². The van der Waals surface area contributed by atoms with Crippen LogP contribution in [0.5, 0.6) is 0 Å². The normalized spacial score (nSPS) is 11.2. The van der Waals surface area contributed by atoms with E-state index in [1.807, 2.05) is 0 Å². The van der Waals surface area contributed by atoms with E-state index >= 15 is 0 Å². The Morgan fingerprint density at radius 2 is 1.89 bits per heavy atom. The number of nitrogens with zero attached hydrogens (tertiary/aromatic N) is 1. The molecule has 0 aliphatic heterocycles. The molecule has 0 aliphatic carbocycles. The largest absolute Gasteiger partial charge is 0.299 e.